The molecule has 5 atom stereocenters. The Bertz CT molecular complexity index is 717. The number of thioether (sulfide) groups is 1. The molecule has 142 valence electrons. The predicted molar refractivity (Wildman–Crippen MR) is 100 cm³/mol. The minimum absolute atomic E-state index is 0.0251. The monoisotopic (exact) mass is 377 g/mol. The van der Waals surface area contributed by atoms with Crippen molar-refractivity contribution in [3.05, 3.63) is 20.6 Å². The van der Waals surface area contributed by atoms with E-state index in [2.05, 4.69) is 13.8 Å². The summed E-state index contributed by atoms with van der Waals surface area (Å²) < 4.78 is 0. The second-order valence-corrected chi connectivity index (χ2v) is 10.0. The number of fused-ring (bicyclic) bond motifs is 5. The zero-order valence-corrected chi connectivity index (χ0v) is 16.4. The van der Waals surface area contributed by atoms with Gasteiger partial charge in [-0.1, -0.05) is 13.8 Å². The average Bonchev–Trinajstić information content (AvgIpc) is 2.89. The van der Waals surface area contributed by atoms with Crippen LogP contribution in [0.4, 0.5) is 0 Å². The second-order valence-electron chi connectivity index (χ2n) is 9.09. The summed E-state index contributed by atoms with van der Waals surface area (Å²) in [5.41, 5.74) is 1.03. The molecule has 0 radical (unpaired) electrons. The lowest BCUT2D eigenvalue weighted by molar-refractivity contribution is -0.456. The smallest absolute Gasteiger partial charge is 0.253 e. The van der Waals surface area contributed by atoms with Gasteiger partial charge >= 0.3 is 0 Å². The number of carbonyl (C=O) groups excluding carboxylic acids is 2. The average molecular weight is 378 g/mol. The van der Waals surface area contributed by atoms with Crippen molar-refractivity contribution >= 4 is 23.3 Å². The third-order valence-corrected chi connectivity index (χ3v) is 9.20. The van der Waals surface area contributed by atoms with Crippen LogP contribution in [0.15, 0.2) is 10.5 Å². The molecule has 4 aliphatic rings. The van der Waals surface area contributed by atoms with Gasteiger partial charge in [-0.15, -0.1) is 0 Å². The quantitative estimate of drug-likeness (QED) is 0.414. The number of ketones is 2. The van der Waals surface area contributed by atoms with Crippen LogP contribution in [-0.2, 0) is 9.59 Å². The lowest BCUT2D eigenvalue weighted by atomic mass is 9.47. The maximum absolute atomic E-state index is 12.5. The molecule has 0 unspecified atom stereocenters. The first kappa shape index (κ1) is 18.2. The molecule has 0 aromatic heterocycles. The molecule has 0 aromatic rings. The van der Waals surface area contributed by atoms with Gasteiger partial charge in [0, 0.05) is 23.2 Å². The summed E-state index contributed by atoms with van der Waals surface area (Å²) in [5, 5.41) is 10.8. The Morgan fingerprint density at radius 2 is 1.77 bits per heavy atom. The molecule has 0 amide bonds. The highest BCUT2D eigenvalue weighted by atomic mass is 32.2. The minimum Gasteiger partial charge on any atom is -0.299 e. The Morgan fingerprint density at radius 1 is 1.04 bits per heavy atom. The van der Waals surface area contributed by atoms with Gasteiger partial charge in [-0.3, -0.25) is 19.7 Å². The lowest BCUT2D eigenvalue weighted by Crippen LogP contribution is -2.51. The number of nitrogens with zero attached hydrogens (tertiary/aromatic N) is 1. The van der Waals surface area contributed by atoms with Gasteiger partial charge in [0.15, 0.2) is 5.78 Å². The fraction of sp³-hybridized carbons (Fsp3) is 0.800. The summed E-state index contributed by atoms with van der Waals surface area (Å²) in [6.45, 7) is 4.47. The summed E-state index contributed by atoms with van der Waals surface area (Å²) >= 11 is 1.13. The summed E-state index contributed by atoms with van der Waals surface area (Å²) in [5.74, 6) is 1.87. The maximum atomic E-state index is 12.5. The van der Waals surface area contributed by atoms with Crippen LogP contribution in [0.25, 0.3) is 0 Å². The standard InChI is InChI=1S/C20H27NO4S/c1-19-10-8-16(22)18(26-11-21(24)25)15(19)4-3-12-13-5-6-17(23)20(13,2)9-7-14(12)19/h12-14H,3-11H2,1-2H3/t12-,13-,14+,19+,20-/m0/s1. The summed E-state index contributed by atoms with van der Waals surface area (Å²) in [4.78, 5) is 36.1. The molecule has 0 aliphatic heterocycles. The van der Waals surface area contributed by atoms with E-state index < -0.39 is 0 Å². The van der Waals surface area contributed by atoms with Gasteiger partial charge < -0.3 is 0 Å². The molecule has 6 heteroatoms. The highest BCUT2D eigenvalue weighted by Gasteiger charge is 2.59. The van der Waals surface area contributed by atoms with E-state index in [1.807, 2.05) is 0 Å². The zero-order chi connectivity index (χ0) is 18.7. The first-order valence-corrected chi connectivity index (χ1v) is 10.8. The highest BCUT2D eigenvalue weighted by Crippen LogP contribution is 2.65. The molecule has 3 saturated carbocycles. The molecular weight excluding hydrogens is 350 g/mol. The van der Waals surface area contributed by atoms with Crippen LogP contribution in [0.3, 0.4) is 0 Å². The summed E-state index contributed by atoms with van der Waals surface area (Å²) in [6, 6.07) is 0. The molecule has 5 nitrogen and oxygen atoms in total. The topological polar surface area (TPSA) is 77.3 Å². The normalized spacial score (nSPS) is 42.3. The van der Waals surface area contributed by atoms with E-state index in [0.717, 1.165) is 56.7 Å². The first-order chi connectivity index (χ1) is 12.3. The number of hydrogen-bond donors (Lipinski definition) is 0. The van der Waals surface area contributed by atoms with Crippen LogP contribution in [0.2, 0.25) is 0 Å². The SMILES string of the molecule is C[C@]12CCC(=O)C(SC[N+](=O)[O-])=C1CC[C@@H]1[C@H]2CC[C@]2(C)C(=O)CC[C@@H]12. The van der Waals surface area contributed by atoms with Crippen molar-refractivity contribution in [3.63, 3.8) is 0 Å². The van der Waals surface area contributed by atoms with E-state index in [1.54, 1.807) is 0 Å². The molecule has 0 spiro atoms. The van der Waals surface area contributed by atoms with Gasteiger partial charge in [0.25, 0.3) is 5.88 Å². The van der Waals surface area contributed by atoms with Crippen molar-refractivity contribution in [2.45, 2.75) is 65.2 Å². The van der Waals surface area contributed by atoms with Crippen molar-refractivity contribution < 1.29 is 14.5 Å². The van der Waals surface area contributed by atoms with Gasteiger partial charge in [0.05, 0.1) is 4.91 Å². The predicted octanol–water partition coefficient (Wildman–Crippen LogP) is 4.38. The van der Waals surface area contributed by atoms with Gasteiger partial charge in [0.2, 0.25) is 0 Å². The van der Waals surface area contributed by atoms with Gasteiger partial charge in [0.1, 0.15) is 5.78 Å². The third kappa shape index (κ3) is 2.51. The van der Waals surface area contributed by atoms with Crippen LogP contribution in [0.1, 0.15) is 65.2 Å². The molecule has 0 heterocycles. The van der Waals surface area contributed by atoms with E-state index in [9.17, 15) is 19.7 Å². The van der Waals surface area contributed by atoms with Gasteiger partial charge in [-0.25, -0.2) is 0 Å². The maximum Gasteiger partial charge on any atom is 0.253 e. The Hall–Kier alpha value is -1.17. The molecule has 26 heavy (non-hydrogen) atoms. The second kappa shape index (κ2) is 6.18. The van der Waals surface area contributed by atoms with Crippen molar-refractivity contribution in [1.29, 1.82) is 0 Å². The number of nitro groups is 1. The fourth-order valence-electron chi connectivity index (χ4n) is 6.72. The molecule has 4 aliphatic carbocycles. The number of rotatable bonds is 3. The molecule has 0 N–H and O–H groups in total. The Balaban J connectivity index is 1.68. The molecule has 4 rings (SSSR count). The number of carbonyl (C=O) groups is 2. The van der Waals surface area contributed by atoms with Gasteiger partial charge in [-0.05, 0) is 79.0 Å². The lowest BCUT2D eigenvalue weighted by Gasteiger charge is -2.57. The molecular formula is C20H27NO4S. The zero-order valence-electron chi connectivity index (χ0n) is 15.6. The summed E-state index contributed by atoms with van der Waals surface area (Å²) in [6.07, 6.45) is 7.02. The van der Waals surface area contributed by atoms with E-state index in [4.69, 9.17) is 0 Å². The van der Waals surface area contributed by atoms with E-state index in [-0.39, 0.29) is 27.4 Å². The van der Waals surface area contributed by atoms with Crippen LogP contribution >= 0.6 is 11.8 Å². The minimum atomic E-state index is -0.348. The number of allylic oxidation sites excluding steroid dienone is 1. The molecule has 3 fully saturated rings. The van der Waals surface area contributed by atoms with Crippen molar-refractivity contribution in [3.8, 4) is 0 Å². The van der Waals surface area contributed by atoms with E-state index in [0.29, 0.717) is 34.9 Å². The number of hydrogen-bond acceptors (Lipinski definition) is 5. The van der Waals surface area contributed by atoms with Gasteiger partial charge in [-0.2, -0.15) is 0 Å². The van der Waals surface area contributed by atoms with Crippen molar-refractivity contribution in [2.24, 2.45) is 28.6 Å². The van der Waals surface area contributed by atoms with E-state index in [1.165, 1.54) is 5.57 Å². The molecule has 0 saturated heterocycles. The van der Waals surface area contributed by atoms with Crippen LogP contribution in [-0.4, -0.2) is 22.4 Å². The largest absolute Gasteiger partial charge is 0.299 e. The Labute approximate surface area is 158 Å². The van der Waals surface area contributed by atoms with E-state index >= 15 is 0 Å². The summed E-state index contributed by atoms with van der Waals surface area (Å²) in [7, 11) is 0. The Kier molecular flexibility index (Phi) is 4.33. The third-order valence-electron chi connectivity index (χ3n) is 8.09. The first-order valence-electron chi connectivity index (χ1n) is 9.82. The Morgan fingerprint density at radius 3 is 2.50 bits per heavy atom. The van der Waals surface area contributed by atoms with Crippen molar-refractivity contribution in [1.82, 2.24) is 0 Å². The van der Waals surface area contributed by atoms with Crippen LogP contribution in [0.5, 0.6) is 0 Å². The van der Waals surface area contributed by atoms with Crippen molar-refractivity contribution in [2.75, 3.05) is 5.88 Å². The fourth-order valence-corrected chi connectivity index (χ4v) is 7.73. The van der Waals surface area contributed by atoms with Crippen LogP contribution in [0, 0.1) is 38.7 Å². The van der Waals surface area contributed by atoms with Crippen LogP contribution < -0.4 is 0 Å². The molecule has 0 bridgehead atoms. The number of Topliss-reactive ketones (excluding diaryl/α,β-unsaturated/α-hetero) is 2. The highest BCUT2D eigenvalue weighted by molar-refractivity contribution is 8.03. The molecule has 0 aromatic carbocycles.